The number of ether oxygens (including phenoxy) is 1. The maximum Gasteiger partial charge on any atom is 0.246 e. The van der Waals surface area contributed by atoms with Crippen molar-refractivity contribution in [2.45, 2.75) is 60.8 Å². The average Bonchev–Trinajstić information content (AvgIpc) is 3.48. The van der Waals surface area contributed by atoms with Crippen LogP contribution in [0.5, 0.6) is 0 Å². The Morgan fingerprint density at radius 3 is 2.79 bits per heavy atom. The minimum atomic E-state index is -1.13. The van der Waals surface area contributed by atoms with Crippen LogP contribution in [0.1, 0.15) is 32.1 Å². The average molecular weight is 482 g/mol. The molecule has 1 aromatic rings. The number of amides is 3. The Morgan fingerprint density at radius 1 is 1.26 bits per heavy atom. The second kappa shape index (κ2) is 9.23. The Morgan fingerprint density at radius 2 is 2.06 bits per heavy atom. The number of hydrogen-bond acceptors (Lipinski definition) is 5. The molecule has 1 saturated carbocycles. The second-order valence-electron chi connectivity index (χ2n) is 9.55. The standard InChI is InChI=1S/C26H31N3O4S/c1-3-14-29-22(24(31)27-16-8-5-4-6-9-16)26-13-12-19(33-26)20(21(26)25(29)32)23(30)28-17-10-7-11-18(15-17)34-2/h3,7,10-13,15-16,19-22H,1,4-6,8-9,14H2,2H3,(H,27,31)(H,28,30)/t19-,20+,21-,22-,26-/m0/s1. The van der Waals surface area contributed by atoms with E-state index in [1.165, 1.54) is 11.3 Å². The quantitative estimate of drug-likeness (QED) is 0.462. The third-order valence-corrected chi connectivity index (χ3v) is 8.26. The fourth-order valence-corrected chi connectivity index (χ4v) is 6.52. The molecule has 8 heteroatoms. The summed E-state index contributed by atoms with van der Waals surface area (Å²) in [7, 11) is 0. The van der Waals surface area contributed by atoms with Crippen molar-refractivity contribution in [1.82, 2.24) is 10.2 Å². The van der Waals surface area contributed by atoms with Gasteiger partial charge in [-0.25, -0.2) is 0 Å². The van der Waals surface area contributed by atoms with Crippen LogP contribution in [-0.4, -0.2) is 59.2 Å². The first kappa shape index (κ1) is 23.2. The SMILES string of the molecule is C=CCN1C(=O)[C@@H]2[C@H](C(=O)Nc3cccc(SC)c3)[C@@H]3C=C[C@@]2(O3)[C@@H]1C(=O)NC1CCCCC1. The molecule has 1 aliphatic carbocycles. The highest BCUT2D eigenvalue weighted by Crippen LogP contribution is 2.55. The first-order chi connectivity index (χ1) is 16.5. The fourth-order valence-electron chi connectivity index (χ4n) is 6.06. The summed E-state index contributed by atoms with van der Waals surface area (Å²) in [6.07, 6.45) is 12.0. The van der Waals surface area contributed by atoms with Crippen molar-refractivity contribution in [3.05, 3.63) is 49.1 Å². The van der Waals surface area contributed by atoms with Crippen molar-refractivity contribution in [3.63, 3.8) is 0 Å². The largest absolute Gasteiger partial charge is 0.359 e. The molecule has 5 rings (SSSR count). The number of benzene rings is 1. The minimum absolute atomic E-state index is 0.114. The molecule has 2 N–H and O–H groups in total. The molecule has 0 radical (unpaired) electrons. The van der Waals surface area contributed by atoms with Crippen molar-refractivity contribution >= 4 is 35.2 Å². The fraction of sp³-hybridized carbons (Fsp3) is 0.500. The molecule has 3 fully saturated rings. The highest BCUT2D eigenvalue weighted by molar-refractivity contribution is 7.98. The van der Waals surface area contributed by atoms with Crippen LogP contribution in [0.4, 0.5) is 5.69 Å². The number of nitrogens with zero attached hydrogens (tertiary/aromatic N) is 1. The second-order valence-corrected chi connectivity index (χ2v) is 10.4. The summed E-state index contributed by atoms with van der Waals surface area (Å²) in [5.74, 6) is -2.14. The van der Waals surface area contributed by atoms with Gasteiger partial charge >= 0.3 is 0 Å². The maximum atomic E-state index is 13.6. The van der Waals surface area contributed by atoms with Gasteiger partial charge in [0.15, 0.2) is 0 Å². The molecule has 4 aliphatic rings. The number of hydrogen-bond donors (Lipinski definition) is 2. The number of rotatable bonds is 7. The van der Waals surface area contributed by atoms with E-state index in [0.29, 0.717) is 5.69 Å². The van der Waals surface area contributed by atoms with E-state index in [0.717, 1.165) is 30.6 Å². The molecular formula is C26H31N3O4S. The first-order valence-corrected chi connectivity index (χ1v) is 13.2. The minimum Gasteiger partial charge on any atom is -0.359 e. The lowest BCUT2D eigenvalue weighted by molar-refractivity contribution is -0.140. The molecule has 3 amide bonds. The van der Waals surface area contributed by atoms with Crippen LogP contribution in [0.25, 0.3) is 0 Å². The Bertz CT molecular complexity index is 1040. The summed E-state index contributed by atoms with van der Waals surface area (Å²) in [6, 6.07) is 6.90. The van der Waals surface area contributed by atoms with Crippen molar-refractivity contribution in [2.75, 3.05) is 18.1 Å². The molecule has 7 nitrogen and oxygen atoms in total. The predicted molar refractivity (Wildman–Crippen MR) is 131 cm³/mol. The number of thioether (sulfide) groups is 1. The molecule has 34 heavy (non-hydrogen) atoms. The topological polar surface area (TPSA) is 87.7 Å². The van der Waals surface area contributed by atoms with Crippen LogP contribution >= 0.6 is 11.8 Å². The van der Waals surface area contributed by atoms with E-state index in [1.807, 2.05) is 42.7 Å². The molecule has 2 bridgehead atoms. The van der Waals surface area contributed by atoms with Gasteiger partial charge in [-0.2, -0.15) is 0 Å². The monoisotopic (exact) mass is 481 g/mol. The third-order valence-electron chi connectivity index (χ3n) is 7.54. The highest BCUT2D eigenvalue weighted by atomic mass is 32.2. The maximum absolute atomic E-state index is 13.6. The molecule has 3 aliphatic heterocycles. The summed E-state index contributed by atoms with van der Waals surface area (Å²) in [5, 5.41) is 6.14. The smallest absolute Gasteiger partial charge is 0.246 e. The number of anilines is 1. The molecule has 1 aromatic carbocycles. The van der Waals surface area contributed by atoms with E-state index in [-0.39, 0.29) is 30.3 Å². The van der Waals surface area contributed by atoms with Gasteiger partial charge in [-0.3, -0.25) is 14.4 Å². The Balaban J connectivity index is 1.42. The molecule has 0 aromatic heterocycles. The van der Waals surface area contributed by atoms with E-state index < -0.39 is 29.6 Å². The lowest BCUT2D eigenvalue weighted by Gasteiger charge is -2.33. The highest BCUT2D eigenvalue weighted by Gasteiger charge is 2.72. The van der Waals surface area contributed by atoms with E-state index in [9.17, 15) is 14.4 Å². The molecule has 2 saturated heterocycles. The molecule has 0 unspecified atom stereocenters. The van der Waals surface area contributed by atoms with Crippen molar-refractivity contribution < 1.29 is 19.1 Å². The first-order valence-electron chi connectivity index (χ1n) is 12.0. The van der Waals surface area contributed by atoms with E-state index >= 15 is 0 Å². The van der Waals surface area contributed by atoms with E-state index in [4.69, 9.17) is 4.74 Å². The number of likely N-dealkylation sites (tertiary alicyclic amines) is 1. The summed E-state index contributed by atoms with van der Waals surface area (Å²) < 4.78 is 6.34. The lowest BCUT2D eigenvalue weighted by Crippen LogP contribution is -2.56. The van der Waals surface area contributed by atoms with Crippen LogP contribution in [0.3, 0.4) is 0 Å². The van der Waals surface area contributed by atoms with Crippen molar-refractivity contribution in [1.29, 1.82) is 0 Å². The molecule has 3 heterocycles. The zero-order valence-electron chi connectivity index (χ0n) is 19.4. The Kier molecular flexibility index (Phi) is 6.29. The lowest BCUT2D eigenvalue weighted by atomic mass is 9.74. The van der Waals surface area contributed by atoms with Crippen LogP contribution < -0.4 is 10.6 Å². The van der Waals surface area contributed by atoms with Gasteiger partial charge in [0.2, 0.25) is 17.7 Å². The van der Waals surface area contributed by atoms with Gasteiger partial charge in [0, 0.05) is 23.2 Å². The zero-order chi connectivity index (χ0) is 23.9. The number of nitrogens with one attached hydrogen (secondary N) is 2. The van der Waals surface area contributed by atoms with Gasteiger partial charge < -0.3 is 20.3 Å². The summed E-state index contributed by atoms with van der Waals surface area (Å²) in [4.78, 5) is 43.2. The Labute approximate surface area is 204 Å². The van der Waals surface area contributed by atoms with Gasteiger partial charge in [0.1, 0.15) is 11.6 Å². The van der Waals surface area contributed by atoms with E-state index in [2.05, 4.69) is 17.2 Å². The normalized spacial score (nSPS) is 32.0. The van der Waals surface area contributed by atoms with Gasteiger partial charge in [0.05, 0.1) is 17.9 Å². The van der Waals surface area contributed by atoms with Gasteiger partial charge in [-0.1, -0.05) is 43.6 Å². The number of fused-ring (bicyclic) bond motifs is 1. The van der Waals surface area contributed by atoms with Crippen molar-refractivity contribution in [2.24, 2.45) is 11.8 Å². The van der Waals surface area contributed by atoms with E-state index in [1.54, 1.807) is 17.8 Å². The van der Waals surface area contributed by atoms with Crippen LogP contribution in [0.2, 0.25) is 0 Å². The zero-order valence-corrected chi connectivity index (χ0v) is 20.2. The number of carbonyl (C=O) groups excluding carboxylic acids is 3. The van der Waals surface area contributed by atoms with Gasteiger partial charge in [-0.15, -0.1) is 18.3 Å². The van der Waals surface area contributed by atoms with Gasteiger partial charge in [-0.05, 0) is 37.3 Å². The van der Waals surface area contributed by atoms with Crippen LogP contribution in [0.15, 0.2) is 54.0 Å². The molecule has 5 atom stereocenters. The third kappa shape index (κ3) is 3.77. The Hall–Kier alpha value is -2.58. The van der Waals surface area contributed by atoms with Crippen LogP contribution in [-0.2, 0) is 19.1 Å². The molecule has 1 spiro atoms. The van der Waals surface area contributed by atoms with Crippen molar-refractivity contribution in [3.8, 4) is 0 Å². The molecule has 180 valence electrons. The summed E-state index contributed by atoms with van der Waals surface area (Å²) >= 11 is 1.59. The summed E-state index contributed by atoms with van der Waals surface area (Å²) in [5.41, 5.74) is -0.454. The van der Waals surface area contributed by atoms with Crippen LogP contribution in [0, 0.1) is 11.8 Å². The summed E-state index contributed by atoms with van der Waals surface area (Å²) in [6.45, 7) is 4.01. The van der Waals surface area contributed by atoms with Gasteiger partial charge in [0.25, 0.3) is 0 Å². The molecular weight excluding hydrogens is 450 g/mol. The number of carbonyl (C=O) groups is 3. The predicted octanol–water partition coefficient (Wildman–Crippen LogP) is 3.13.